The lowest BCUT2D eigenvalue weighted by Crippen LogP contribution is -2.55. The molecule has 1 aliphatic heterocycles. The number of halogens is 1. The molecular weight excluding hydrogens is 274 g/mol. The average molecular weight is 298 g/mol. The van der Waals surface area contributed by atoms with Crippen molar-refractivity contribution in [2.75, 3.05) is 6.54 Å². The zero-order valence-corrected chi connectivity index (χ0v) is 13.2. The number of hydrogen-bond donors (Lipinski definition) is 2. The number of aryl methyl sites for hydroxylation is 1. The van der Waals surface area contributed by atoms with Gasteiger partial charge in [-0.2, -0.15) is 0 Å². The standard InChI is InChI=1S/C15H23N3O.ClH/c1-11-6-4-8-16-12(11)10-18-14(19)13-15(2,3)7-5-9-17-13;/h4,6,8,13,17H,5,7,9-10H2,1-3H3,(H,18,19);1H. The number of nitrogens with zero attached hydrogens (tertiary/aromatic N) is 1. The van der Waals surface area contributed by atoms with Crippen LogP contribution in [0.3, 0.4) is 0 Å². The van der Waals surface area contributed by atoms with Gasteiger partial charge in [0.15, 0.2) is 0 Å². The molecule has 1 saturated heterocycles. The van der Waals surface area contributed by atoms with Crippen LogP contribution < -0.4 is 10.6 Å². The Bertz CT molecular complexity index is 462. The summed E-state index contributed by atoms with van der Waals surface area (Å²) in [6.45, 7) is 7.73. The van der Waals surface area contributed by atoms with Crippen LogP contribution >= 0.6 is 12.4 Å². The second-order valence-corrected chi connectivity index (χ2v) is 5.96. The van der Waals surface area contributed by atoms with Crippen molar-refractivity contribution in [3.63, 3.8) is 0 Å². The number of aromatic nitrogens is 1. The lowest BCUT2D eigenvalue weighted by molar-refractivity contribution is -0.127. The highest BCUT2D eigenvalue weighted by molar-refractivity contribution is 5.85. The average Bonchev–Trinajstić information content (AvgIpc) is 2.37. The van der Waals surface area contributed by atoms with E-state index >= 15 is 0 Å². The second kappa shape index (κ2) is 7.04. The number of nitrogens with one attached hydrogen (secondary N) is 2. The van der Waals surface area contributed by atoms with Crippen molar-refractivity contribution in [2.45, 2.75) is 46.2 Å². The number of carbonyl (C=O) groups is 1. The SMILES string of the molecule is Cc1cccnc1CNC(=O)C1NCCCC1(C)C.Cl. The molecule has 0 aliphatic carbocycles. The third-order valence-corrected chi connectivity index (χ3v) is 3.94. The van der Waals surface area contributed by atoms with Crippen molar-refractivity contribution in [1.29, 1.82) is 0 Å². The molecule has 2 N–H and O–H groups in total. The van der Waals surface area contributed by atoms with Crippen LogP contribution in [0.15, 0.2) is 18.3 Å². The first-order valence-corrected chi connectivity index (χ1v) is 6.92. The highest BCUT2D eigenvalue weighted by atomic mass is 35.5. The van der Waals surface area contributed by atoms with Gasteiger partial charge in [-0.25, -0.2) is 0 Å². The predicted octanol–water partition coefficient (Wildman–Crippen LogP) is 2.21. The number of piperidine rings is 1. The monoisotopic (exact) mass is 297 g/mol. The molecule has 0 saturated carbocycles. The molecule has 1 fully saturated rings. The summed E-state index contributed by atoms with van der Waals surface area (Å²) in [5.74, 6) is 0.0785. The molecular formula is C15H24ClN3O. The minimum atomic E-state index is -0.106. The molecule has 2 rings (SSSR count). The zero-order chi connectivity index (χ0) is 13.9. The summed E-state index contributed by atoms with van der Waals surface area (Å²) in [6, 6.07) is 3.81. The van der Waals surface area contributed by atoms with Crippen LogP contribution in [0.2, 0.25) is 0 Å². The molecule has 20 heavy (non-hydrogen) atoms. The van der Waals surface area contributed by atoms with Crippen molar-refractivity contribution < 1.29 is 4.79 Å². The summed E-state index contributed by atoms with van der Waals surface area (Å²) >= 11 is 0. The van der Waals surface area contributed by atoms with E-state index in [1.807, 2.05) is 19.1 Å². The maximum Gasteiger partial charge on any atom is 0.238 e. The summed E-state index contributed by atoms with van der Waals surface area (Å²) in [5.41, 5.74) is 2.06. The third kappa shape index (κ3) is 3.93. The maximum atomic E-state index is 12.3. The molecule has 1 aromatic rings. The summed E-state index contributed by atoms with van der Waals surface area (Å²) in [6.07, 6.45) is 3.98. The molecule has 112 valence electrons. The molecule has 0 aromatic carbocycles. The molecule has 1 atom stereocenters. The first-order chi connectivity index (χ1) is 9.00. The molecule has 1 aromatic heterocycles. The summed E-state index contributed by atoms with van der Waals surface area (Å²) in [5, 5.41) is 6.33. The van der Waals surface area contributed by atoms with Gasteiger partial charge < -0.3 is 10.6 Å². The molecule has 1 aliphatic rings. The summed E-state index contributed by atoms with van der Waals surface area (Å²) in [7, 11) is 0. The smallest absolute Gasteiger partial charge is 0.238 e. The highest BCUT2D eigenvalue weighted by Gasteiger charge is 2.36. The van der Waals surface area contributed by atoms with Gasteiger partial charge >= 0.3 is 0 Å². The van der Waals surface area contributed by atoms with Crippen LogP contribution in [0.25, 0.3) is 0 Å². The first-order valence-electron chi connectivity index (χ1n) is 6.92. The quantitative estimate of drug-likeness (QED) is 0.899. The van der Waals surface area contributed by atoms with E-state index in [0.717, 1.165) is 30.6 Å². The largest absolute Gasteiger partial charge is 0.349 e. The van der Waals surface area contributed by atoms with Gasteiger partial charge in [0.1, 0.15) is 0 Å². The zero-order valence-electron chi connectivity index (χ0n) is 12.4. The Hall–Kier alpha value is -1.13. The van der Waals surface area contributed by atoms with E-state index in [1.165, 1.54) is 0 Å². The molecule has 0 bridgehead atoms. The minimum absolute atomic E-state index is 0. The molecule has 2 heterocycles. The van der Waals surface area contributed by atoms with Crippen LogP contribution in [-0.4, -0.2) is 23.5 Å². The van der Waals surface area contributed by atoms with Crippen molar-refractivity contribution in [2.24, 2.45) is 5.41 Å². The van der Waals surface area contributed by atoms with Gasteiger partial charge in [0.2, 0.25) is 5.91 Å². The van der Waals surface area contributed by atoms with Gasteiger partial charge in [-0.05, 0) is 43.4 Å². The van der Waals surface area contributed by atoms with Crippen molar-refractivity contribution >= 4 is 18.3 Å². The Morgan fingerprint density at radius 1 is 1.55 bits per heavy atom. The Kier molecular flexibility index (Phi) is 5.96. The van der Waals surface area contributed by atoms with E-state index in [-0.39, 0.29) is 29.8 Å². The number of pyridine rings is 1. The fourth-order valence-corrected chi connectivity index (χ4v) is 2.63. The predicted molar refractivity (Wildman–Crippen MR) is 82.9 cm³/mol. The van der Waals surface area contributed by atoms with Crippen LogP contribution in [0.5, 0.6) is 0 Å². The number of hydrogen-bond acceptors (Lipinski definition) is 3. The van der Waals surface area contributed by atoms with E-state index in [9.17, 15) is 4.79 Å². The Balaban J connectivity index is 0.00000200. The van der Waals surface area contributed by atoms with Crippen LogP contribution in [-0.2, 0) is 11.3 Å². The molecule has 4 nitrogen and oxygen atoms in total. The van der Waals surface area contributed by atoms with E-state index in [1.54, 1.807) is 6.20 Å². The van der Waals surface area contributed by atoms with Crippen molar-refractivity contribution in [3.05, 3.63) is 29.6 Å². The van der Waals surface area contributed by atoms with Gasteiger partial charge in [0.25, 0.3) is 0 Å². The fraction of sp³-hybridized carbons (Fsp3) is 0.600. The van der Waals surface area contributed by atoms with E-state index in [0.29, 0.717) is 6.54 Å². The number of carbonyl (C=O) groups excluding carboxylic acids is 1. The van der Waals surface area contributed by atoms with Crippen molar-refractivity contribution in [1.82, 2.24) is 15.6 Å². The van der Waals surface area contributed by atoms with Gasteiger partial charge in [0.05, 0.1) is 18.3 Å². The third-order valence-electron chi connectivity index (χ3n) is 3.94. The van der Waals surface area contributed by atoms with Gasteiger partial charge in [-0.3, -0.25) is 9.78 Å². The maximum absolute atomic E-state index is 12.3. The second-order valence-electron chi connectivity index (χ2n) is 5.96. The fourth-order valence-electron chi connectivity index (χ4n) is 2.63. The molecule has 1 unspecified atom stereocenters. The number of rotatable bonds is 3. The van der Waals surface area contributed by atoms with Gasteiger partial charge in [0, 0.05) is 6.20 Å². The normalized spacial score (nSPS) is 20.9. The van der Waals surface area contributed by atoms with Gasteiger partial charge in [-0.1, -0.05) is 19.9 Å². The Labute approximate surface area is 127 Å². The highest BCUT2D eigenvalue weighted by Crippen LogP contribution is 2.30. The topological polar surface area (TPSA) is 54.0 Å². The number of amides is 1. The lowest BCUT2D eigenvalue weighted by atomic mass is 9.77. The molecule has 5 heteroatoms. The Morgan fingerprint density at radius 3 is 2.95 bits per heavy atom. The summed E-state index contributed by atoms with van der Waals surface area (Å²) < 4.78 is 0. The first kappa shape index (κ1) is 16.9. The van der Waals surface area contributed by atoms with E-state index in [2.05, 4.69) is 29.5 Å². The molecule has 1 amide bonds. The van der Waals surface area contributed by atoms with Gasteiger partial charge in [-0.15, -0.1) is 12.4 Å². The van der Waals surface area contributed by atoms with Crippen molar-refractivity contribution in [3.8, 4) is 0 Å². The van der Waals surface area contributed by atoms with E-state index in [4.69, 9.17) is 0 Å². The Morgan fingerprint density at radius 2 is 2.30 bits per heavy atom. The molecule has 0 radical (unpaired) electrons. The van der Waals surface area contributed by atoms with Crippen LogP contribution in [0.4, 0.5) is 0 Å². The summed E-state index contributed by atoms with van der Waals surface area (Å²) in [4.78, 5) is 16.6. The minimum Gasteiger partial charge on any atom is -0.349 e. The molecule has 0 spiro atoms. The van der Waals surface area contributed by atoms with E-state index < -0.39 is 0 Å². The van der Waals surface area contributed by atoms with Crippen LogP contribution in [0.1, 0.15) is 37.9 Å². The lowest BCUT2D eigenvalue weighted by Gasteiger charge is -2.38. The van der Waals surface area contributed by atoms with Crippen LogP contribution in [0, 0.1) is 12.3 Å².